The minimum absolute atomic E-state index is 0.0337. The van der Waals surface area contributed by atoms with Gasteiger partial charge in [0.05, 0.1) is 6.04 Å². The molecule has 0 bridgehead atoms. The molecule has 6 amide bonds. The van der Waals surface area contributed by atoms with Gasteiger partial charge in [0.15, 0.2) is 6.04 Å². The number of carbonyl (C=O) groups is 7. The lowest BCUT2D eigenvalue weighted by molar-refractivity contribution is -0.199. The van der Waals surface area contributed by atoms with Gasteiger partial charge < -0.3 is 35.9 Å². The SMILES string of the molecule is CC(C)C[C@H](NC(=O)[C@@H](CC(C)(C)C)NC(=O)OCc1ccccc1)C(=O)NC(C(=O)ON1C(=O)CCC1=O)C(NC(=O)O)c1ccccc1. The standard InChI is InChI=1S/C35H45N5O10/c1-21(2)18-24(36-31(44)25(19-35(3,4)5)37-34(48)49-20-22-12-8-6-9-13-22)30(43)38-29(32(45)50-40-26(41)16-17-27(40)42)28(39-33(46)47)23-14-10-7-11-15-23/h6-15,21,24-25,28-29,39H,16-20H2,1-5H3,(H,36,44)(H,37,48)(H,38,43)(H,46,47)/t24-,25+,28?,29?/m0/s1. The fraction of sp³-hybridized carbons (Fsp3) is 0.457. The van der Waals surface area contributed by atoms with Crippen LogP contribution in [0.15, 0.2) is 60.7 Å². The minimum atomic E-state index is -1.80. The van der Waals surface area contributed by atoms with Gasteiger partial charge in [-0.1, -0.05) is 95.3 Å². The van der Waals surface area contributed by atoms with Crippen LogP contribution in [0.1, 0.15) is 77.5 Å². The largest absolute Gasteiger partial charge is 0.465 e. The zero-order valence-electron chi connectivity index (χ0n) is 28.8. The summed E-state index contributed by atoms with van der Waals surface area (Å²) in [5, 5.41) is 19.9. The highest BCUT2D eigenvalue weighted by Gasteiger charge is 2.41. The molecule has 2 aromatic rings. The number of benzene rings is 2. The lowest BCUT2D eigenvalue weighted by Crippen LogP contribution is -2.59. The van der Waals surface area contributed by atoms with Crippen LogP contribution in [0.2, 0.25) is 0 Å². The molecule has 15 nitrogen and oxygen atoms in total. The van der Waals surface area contributed by atoms with Crippen molar-refractivity contribution in [3.05, 3.63) is 71.8 Å². The van der Waals surface area contributed by atoms with E-state index in [0.717, 1.165) is 5.56 Å². The van der Waals surface area contributed by atoms with Crippen LogP contribution in [0.3, 0.4) is 0 Å². The third-order valence-electron chi connectivity index (χ3n) is 7.49. The van der Waals surface area contributed by atoms with Crippen molar-refractivity contribution in [1.82, 2.24) is 26.3 Å². The quantitative estimate of drug-likeness (QED) is 0.172. The lowest BCUT2D eigenvalue weighted by atomic mass is 9.87. The van der Waals surface area contributed by atoms with Gasteiger partial charge in [-0.3, -0.25) is 19.2 Å². The summed E-state index contributed by atoms with van der Waals surface area (Å²) in [6, 6.07) is 11.1. The van der Waals surface area contributed by atoms with Crippen molar-refractivity contribution in [1.29, 1.82) is 0 Å². The molecule has 1 aliphatic rings. The fourth-order valence-electron chi connectivity index (χ4n) is 5.19. The molecule has 15 heteroatoms. The molecule has 2 unspecified atom stereocenters. The summed E-state index contributed by atoms with van der Waals surface area (Å²) in [5.41, 5.74) is 0.546. The molecule has 3 rings (SSSR count). The van der Waals surface area contributed by atoms with Gasteiger partial charge >= 0.3 is 18.2 Å². The van der Waals surface area contributed by atoms with Crippen molar-refractivity contribution >= 4 is 41.8 Å². The molecular formula is C35H45N5O10. The van der Waals surface area contributed by atoms with Crippen LogP contribution in [-0.2, 0) is 40.2 Å². The molecule has 50 heavy (non-hydrogen) atoms. The van der Waals surface area contributed by atoms with Gasteiger partial charge in [0.2, 0.25) is 11.8 Å². The van der Waals surface area contributed by atoms with E-state index in [1.165, 1.54) is 12.1 Å². The number of imide groups is 1. The van der Waals surface area contributed by atoms with Crippen molar-refractivity contribution in [3.63, 3.8) is 0 Å². The number of nitrogens with zero attached hydrogens (tertiary/aromatic N) is 1. The van der Waals surface area contributed by atoms with Crippen LogP contribution in [-0.4, -0.2) is 70.1 Å². The van der Waals surface area contributed by atoms with Crippen molar-refractivity contribution < 1.29 is 48.2 Å². The van der Waals surface area contributed by atoms with E-state index in [1.54, 1.807) is 56.3 Å². The molecule has 1 saturated heterocycles. The summed E-state index contributed by atoms with van der Waals surface area (Å²) in [7, 11) is 0. The molecule has 2 aromatic carbocycles. The highest BCUT2D eigenvalue weighted by atomic mass is 16.7. The van der Waals surface area contributed by atoms with Crippen molar-refractivity contribution in [2.45, 2.75) is 91.1 Å². The number of alkyl carbamates (subject to hydrolysis) is 1. The molecule has 0 saturated carbocycles. The number of nitrogens with one attached hydrogen (secondary N) is 4. The van der Waals surface area contributed by atoms with E-state index in [2.05, 4.69) is 21.3 Å². The molecule has 0 aromatic heterocycles. The summed E-state index contributed by atoms with van der Waals surface area (Å²) in [5.74, 6) is -4.60. The van der Waals surface area contributed by atoms with E-state index in [-0.39, 0.29) is 48.8 Å². The monoisotopic (exact) mass is 695 g/mol. The van der Waals surface area contributed by atoms with Crippen molar-refractivity contribution in [3.8, 4) is 0 Å². The summed E-state index contributed by atoms with van der Waals surface area (Å²) >= 11 is 0. The number of carbonyl (C=O) groups excluding carboxylic acids is 6. The first-order valence-corrected chi connectivity index (χ1v) is 16.2. The Balaban J connectivity index is 1.88. The molecule has 5 N–H and O–H groups in total. The molecule has 0 spiro atoms. The first-order valence-electron chi connectivity index (χ1n) is 16.2. The Morgan fingerprint density at radius 2 is 1.36 bits per heavy atom. The maximum atomic E-state index is 13.9. The zero-order valence-corrected chi connectivity index (χ0v) is 28.8. The second-order valence-corrected chi connectivity index (χ2v) is 13.5. The second-order valence-electron chi connectivity index (χ2n) is 13.5. The van der Waals surface area contributed by atoms with E-state index in [1.807, 2.05) is 26.8 Å². The third kappa shape index (κ3) is 12.2. The lowest BCUT2D eigenvalue weighted by Gasteiger charge is -2.31. The topological polar surface area (TPSA) is 210 Å². The molecular weight excluding hydrogens is 650 g/mol. The maximum Gasteiger partial charge on any atom is 0.408 e. The molecule has 270 valence electrons. The van der Waals surface area contributed by atoms with Crippen LogP contribution < -0.4 is 21.3 Å². The van der Waals surface area contributed by atoms with Crippen LogP contribution in [0.4, 0.5) is 9.59 Å². The first-order chi connectivity index (χ1) is 23.5. The normalized spacial score (nSPS) is 15.4. The highest BCUT2D eigenvalue weighted by molar-refractivity contribution is 6.02. The number of rotatable bonds is 15. The Hall–Kier alpha value is -5.47. The highest BCUT2D eigenvalue weighted by Crippen LogP contribution is 2.23. The molecule has 1 heterocycles. The number of hydroxylamine groups is 2. The Labute approximate surface area is 290 Å². The van der Waals surface area contributed by atoms with Crippen LogP contribution in [0.25, 0.3) is 0 Å². The summed E-state index contributed by atoms with van der Waals surface area (Å²) in [6.45, 7) is 9.17. The van der Waals surface area contributed by atoms with Crippen LogP contribution >= 0.6 is 0 Å². The minimum Gasteiger partial charge on any atom is -0.465 e. The molecule has 0 aliphatic carbocycles. The van der Waals surface area contributed by atoms with E-state index in [9.17, 15) is 38.7 Å². The Morgan fingerprint density at radius 1 is 0.800 bits per heavy atom. The van der Waals surface area contributed by atoms with E-state index in [0.29, 0.717) is 0 Å². The predicted molar refractivity (Wildman–Crippen MR) is 178 cm³/mol. The zero-order chi connectivity index (χ0) is 37.0. The van der Waals surface area contributed by atoms with Gasteiger partial charge in [-0.2, -0.15) is 0 Å². The summed E-state index contributed by atoms with van der Waals surface area (Å²) < 4.78 is 5.32. The molecule has 1 fully saturated rings. The number of amides is 6. The molecule has 0 radical (unpaired) electrons. The fourth-order valence-corrected chi connectivity index (χ4v) is 5.19. The number of ether oxygens (including phenoxy) is 1. The van der Waals surface area contributed by atoms with E-state index in [4.69, 9.17) is 9.57 Å². The van der Waals surface area contributed by atoms with Crippen LogP contribution in [0.5, 0.6) is 0 Å². The Morgan fingerprint density at radius 3 is 1.90 bits per heavy atom. The van der Waals surface area contributed by atoms with Gasteiger partial charge in [0, 0.05) is 12.8 Å². The number of carboxylic acid groups (broad SMARTS) is 1. The average Bonchev–Trinajstić information content (AvgIpc) is 3.36. The maximum absolute atomic E-state index is 13.9. The molecule has 4 atom stereocenters. The van der Waals surface area contributed by atoms with Gasteiger partial charge in [-0.25, -0.2) is 14.4 Å². The van der Waals surface area contributed by atoms with Gasteiger partial charge in [0.1, 0.15) is 18.7 Å². The Kier molecular flexibility index (Phi) is 13.9. The van der Waals surface area contributed by atoms with Gasteiger partial charge in [-0.15, -0.1) is 5.06 Å². The van der Waals surface area contributed by atoms with Gasteiger partial charge in [0.25, 0.3) is 11.8 Å². The average molecular weight is 696 g/mol. The van der Waals surface area contributed by atoms with Crippen molar-refractivity contribution in [2.75, 3.05) is 0 Å². The first kappa shape index (κ1) is 39.0. The van der Waals surface area contributed by atoms with Crippen LogP contribution in [0, 0.1) is 11.3 Å². The second kappa shape index (κ2) is 17.8. The third-order valence-corrected chi connectivity index (χ3v) is 7.49. The number of hydrogen-bond donors (Lipinski definition) is 5. The number of hydrogen-bond acceptors (Lipinski definition) is 9. The van der Waals surface area contributed by atoms with Gasteiger partial charge in [-0.05, 0) is 35.3 Å². The smallest absolute Gasteiger partial charge is 0.408 e. The molecule has 1 aliphatic heterocycles. The van der Waals surface area contributed by atoms with E-state index >= 15 is 0 Å². The Bertz CT molecular complexity index is 1510. The summed E-state index contributed by atoms with van der Waals surface area (Å²) in [4.78, 5) is 95.5. The van der Waals surface area contributed by atoms with E-state index < -0.39 is 71.4 Å². The predicted octanol–water partition coefficient (Wildman–Crippen LogP) is 3.35. The van der Waals surface area contributed by atoms with Crippen molar-refractivity contribution in [2.24, 2.45) is 11.3 Å². The summed E-state index contributed by atoms with van der Waals surface area (Å²) in [6.07, 6.45) is -2.52.